The SMILES string of the molecule is O=C(O)CCCCCCc1ccsc1C(=O)CCc1ccccc1. The first kappa shape index (κ1) is 18.4. The van der Waals surface area contributed by atoms with E-state index in [0.717, 1.165) is 49.0 Å². The van der Waals surface area contributed by atoms with E-state index in [1.807, 2.05) is 23.6 Å². The van der Waals surface area contributed by atoms with Crippen LogP contribution in [0.5, 0.6) is 0 Å². The Morgan fingerprint density at radius 2 is 1.62 bits per heavy atom. The summed E-state index contributed by atoms with van der Waals surface area (Å²) in [6.45, 7) is 0. The van der Waals surface area contributed by atoms with Crippen LogP contribution >= 0.6 is 11.3 Å². The zero-order valence-electron chi connectivity index (χ0n) is 13.9. The molecule has 128 valence electrons. The molecule has 2 aromatic rings. The lowest BCUT2D eigenvalue weighted by Gasteiger charge is -2.04. The highest BCUT2D eigenvalue weighted by atomic mass is 32.1. The summed E-state index contributed by atoms with van der Waals surface area (Å²) in [5.74, 6) is -0.492. The van der Waals surface area contributed by atoms with Crippen molar-refractivity contribution in [3.63, 3.8) is 0 Å². The third-order valence-electron chi connectivity index (χ3n) is 4.07. The number of thiophene rings is 1. The first-order valence-corrected chi connectivity index (χ1v) is 9.40. The lowest BCUT2D eigenvalue weighted by atomic mass is 10.0. The fourth-order valence-electron chi connectivity index (χ4n) is 2.74. The van der Waals surface area contributed by atoms with Crippen LogP contribution in [0.1, 0.15) is 59.3 Å². The number of aliphatic carboxylic acids is 1. The first-order valence-electron chi connectivity index (χ1n) is 8.52. The molecule has 0 amide bonds. The summed E-state index contributed by atoms with van der Waals surface area (Å²) >= 11 is 1.54. The lowest BCUT2D eigenvalue weighted by molar-refractivity contribution is -0.137. The molecule has 0 aliphatic heterocycles. The maximum Gasteiger partial charge on any atom is 0.303 e. The van der Waals surface area contributed by atoms with E-state index in [4.69, 9.17) is 5.11 Å². The van der Waals surface area contributed by atoms with Crippen molar-refractivity contribution in [2.24, 2.45) is 0 Å². The Labute approximate surface area is 147 Å². The van der Waals surface area contributed by atoms with Gasteiger partial charge in [0.05, 0.1) is 4.88 Å². The van der Waals surface area contributed by atoms with E-state index in [1.54, 1.807) is 0 Å². The van der Waals surface area contributed by atoms with E-state index in [2.05, 4.69) is 18.2 Å². The third-order valence-corrected chi connectivity index (χ3v) is 5.07. The molecule has 0 fully saturated rings. The van der Waals surface area contributed by atoms with Crippen LogP contribution in [0.25, 0.3) is 0 Å². The van der Waals surface area contributed by atoms with Gasteiger partial charge in [0, 0.05) is 12.8 Å². The Balaban J connectivity index is 1.75. The van der Waals surface area contributed by atoms with Gasteiger partial charge in [-0.1, -0.05) is 43.2 Å². The number of Topliss-reactive ketones (excluding diaryl/α,β-unsaturated/α-hetero) is 1. The minimum Gasteiger partial charge on any atom is -0.481 e. The normalized spacial score (nSPS) is 10.7. The average molecular weight is 344 g/mol. The Bertz CT molecular complexity index is 646. The van der Waals surface area contributed by atoms with Gasteiger partial charge in [0.15, 0.2) is 5.78 Å². The van der Waals surface area contributed by atoms with Gasteiger partial charge in [-0.2, -0.15) is 0 Å². The number of rotatable bonds is 11. The van der Waals surface area contributed by atoms with Gasteiger partial charge in [0.1, 0.15) is 0 Å². The van der Waals surface area contributed by atoms with Crippen molar-refractivity contribution in [1.82, 2.24) is 0 Å². The van der Waals surface area contributed by atoms with Gasteiger partial charge >= 0.3 is 5.97 Å². The zero-order chi connectivity index (χ0) is 17.2. The molecule has 0 spiro atoms. The number of hydrogen-bond donors (Lipinski definition) is 1. The third kappa shape index (κ3) is 6.28. The second kappa shape index (κ2) is 10.0. The smallest absolute Gasteiger partial charge is 0.303 e. The Morgan fingerprint density at radius 3 is 2.38 bits per heavy atom. The molecule has 3 nitrogen and oxygen atoms in total. The largest absolute Gasteiger partial charge is 0.481 e. The van der Waals surface area contributed by atoms with Crippen LogP contribution in [-0.2, 0) is 17.6 Å². The summed E-state index contributed by atoms with van der Waals surface area (Å²) in [6.07, 6.45) is 6.19. The number of aryl methyl sites for hydroxylation is 2. The Hall–Kier alpha value is -1.94. The summed E-state index contributed by atoms with van der Waals surface area (Å²) in [7, 11) is 0. The molecule has 4 heteroatoms. The van der Waals surface area contributed by atoms with Gasteiger partial charge in [-0.25, -0.2) is 0 Å². The molecular weight excluding hydrogens is 320 g/mol. The van der Waals surface area contributed by atoms with Gasteiger partial charge in [-0.15, -0.1) is 11.3 Å². The lowest BCUT2D eigenvalue weighted by Crippen LogP contribution is -2.02. The molecule has 1 heterocycles. The minimum absolute atomic E-state index is 0.231. The van der Waals surface area contributed by atoms with Crippen molar-refractivity contribution in [3.8, 4) is 0 Å². The molecule has 0 radical (unpaired) electrons. The van der Waals surface area contributed by atoms with Crippen LogP contribution < -0.4 is 0 Å². The quantitative estimate of drug-likeness (QED) is 0.453. The molecule has 0 atom stereocenters. The molecule has 0 saturated carbocycles. The Morgan fingerprint density at radius 1 is 0.875 bits per heavy atom. The van der Waals surface area contributed by atoms with Crippen LogP contribution in [0.2, 0.25) is 0 Å². The standard InChI is InChI=1S/C20H24O3S/c21-18(13-12-16-8-4-3-5-9-16)20-17(14-15-24-20)10-6-1-2-7-11-19(22)23/h3-5,8-9,14-15H,1-2,6-7,10-13H2,(H,22,23). The summed E-state index contributed by atoms with van der Waals surface area (Å²) in [6, 6.07) is 12.2. The molecule has 24 heavy (non-hydrogen) atoms. The number of carbonyl (C=O) groups is 2. The summed E-state index contributed by atoms with van der Waals surface area (Å²) in [5, 5.41) is 10.6. The number of ketones is 1. The number of carbonyl (C=O) groups excluding carboxylic acids is 1. The zero-order valence-corrected chi connectivity index (χ0v) is 14.7. The molecule has 0 aliphatic rings. The number of carboxylic acid groups (broad SMARTS) is 1. The molecule has 1 aromatic heterocycles. The predicted octanol–water partition coefficient (Wildman–Crippen LogP) is 5.14. The summed E-state index contributed by atoms with van der Waals surface area (Å²) in [5.41, 5.74) is 2.35. The van der Waals surface area contributed by atoms with E-state index < -0.39 is 5.97 Å². The topological polar surface area (TPSA) is 54.4 Å². The van der Waals surface area contributed by atoms with Gasteiger partial charge in [0.25, 0.3) is 0 Å². The van der Waals surface area contributed by atoms with Crippen LogP contribution in [0.3, 0.4) is 0 Å². The highest BCUT2D eigenvalue weighted by molar-refractivity contribution is 7.12. The molecule has 0 unspecified atom stereocenters. The molecule has 2 rings (SSSR count). The number of hydrogen-bond acceptors (Lipinski definition) is 3. The van der Waals surface area contributed by atoms with Crippen LogP contribution in [0.4, 0.5) is 0 Å². The molecular formula is C20H24O3S. The monoisotopic (exact) mass is 344 g/mol. The van der Waals surface area contributed by atoms with E-state index in [9.17, 15) is 9.59 Å². The molecule has 1 aromatic carbocycles. The number of unbranched alkanes of at least 4 members (excludes halogenated alkanes) is 3. The summed E-state index contributed by atoms with van der Waals surface area (Å²) < 4.78 is 0. The van der Waals surface area contributed by atoms with Crippen molar-refractivity contribution in [2.45, 2.75) is 51.4 Å². The van der Waals surface area contributed by atoms with Crippen molar-refractivity contribution >= 4 is 23.1 Å². The molecule has 0 aliphatic carbocycles. The number of benzene rings is 1. The highest BCUT2D eigenvalue weighted by Crippen LogP contribution is 2.22. The second-order valence-electron chi connectivity index (χ2n) is 5.99. The van der Waals surface area contributed by atoms with E-state index in [-0.39, 0.29) is 12.2 Å². The molecule has 0 bridgehead atoms. The van der Waals surface area contributed by atoms with Gasteiger partial charge < -0.3 is 5.11 Å². The van der Waals surface area contributed by atoms with Gasteiger partial charge in [-0.3, -0.25) is 9.59 Å². The Kier molecular flexibility index (Phi) is 7.69. The maximum atomic E-state index is 12.5. The van der Waals surface area contributed by atoms with Crippen LogP contribution in [-0.4, -0.2) is 16.9 Å². The highest BCUT2D eigenvalue weighted by Gasteiger charge is 2.13. The van der Waals surface area contributed by atoms with E-state index in [0.29, 0.717) is 6.42 Å². The fourth-order valence-corrected chi connectivity index (χ4v) is 3.66. The van der Waals surface area contributed by atoms with E-state index in [1.165, 1.54) is 16.9 Å². The maximum absolute atomic E-state index is 12.5. The minimum atomic E-state index is -0.723. The summed E-state index contributed by atoms with van der Waals surface area (Å²) in [4.78, 5) is 23.8. The van der Waals surface area contributed by atoms with Crippen molar-refractivity contribution in [3.05, 3.63) is 57.8 Å². The average Bonchev–Trinajstić information content (AvgIpc) is 3.05. The van der Waals surface area contributed by atoms with Crippen LogP contribution in [0.15, 0.2) is 41.8 Å². The van der Waals surface area contributed by atoms with Crippen molar-refractivity contribution < 1.29 is 14.7 Å². The van der Waals surface area contributed by atoms with Gasteiger partial charge in [0.2, 0.25) is 0 Å². The predicted molar refractivity (Wildman–Crippen MR) is 97.8 cm³/mol. The number of carboxylic acids is 1. The van der Waals surface area contributed by atoms with Crippen molar-refractivity contribution in [2.75, 3.05) is 0 Å². The first-order chi connectivity index (χ1) is 11.7. The second-order valence-corrected chi connectivity index (χ2v) is 6.91. The van der Waals surface area contributed by atoms with Crippen LogP contribution in [0, 0.1) is 0 Å². The van der Waals surface area contributed by atoms with Gasteiger partial charge in [-0.05, 0) is 48.3 Å². The molecule has 1 N–H and O–H groups in total. The van der Waals surface area contributed by atoms with Crippen molar-refractivity contribution in [1.29, 1.82) is 0 Å². The molecule has 0 saturated heterocycles. The fraction of sp³-hybridized carbons (Fsp3) is 0.400. The van der Waals surface area contributed by atoms with E-state index >= 15 is 0 Å².